The third kappa shape index (κ3) is 5.35. The van der Waals surface area contributed by atoms with Crippen LogP contribution in [-0.4, -0.2) is 18.3 Å². The first-order valence-corrected chi connectivity index (χ1v) is 9.75. The first kappa shape index (κ1) is 20.4. The predicted octanol–water partition coefficient (Wildman–Crippen LogP) is 6.27. The van der Waals surface area contributed by atoms with Crippen LogP contribution >= 0.6 is 39.1 Å². The molecule has 1 N–H and O–H groups in total. The molecule has 0 aromatic heterocycles. The fourth-order valence-corrected chi connectivity index (χ4v) is 3.19. The molecule has 0 aliphatic heterocycles. The van der Waals surface area contributed by atoms with E-state index in [9.17, 15) is 9.59 Å². The van der Waals surface area contributed by atoms with Gasteiger partial charge in [-0.05, 0) is 54.6 Å². The summed E-state index contributed by atoms with van der Waals surface area (Å²) in [5, 5.41) is 3.53. The van der Waals surface area contributed by atoms with Gasteiger partial charge in [-0.1, -0.05) is 45.2 Å². The molecule has 0 unspecified atom stereocenters. The molecule has 3 aromatic rings. The summed E-state index contributed by atoms with van der Waals surface area (Å²) in [5.74, 6) is -0.0633. The maximum atomic E-state index is 12.3. The fraction of sp³-hybridized carbons (Fsp3) is 0.0476. The molecule has 4 nitrogen and oxygen atoms in total. The smallest absolute Gasteiger partial charge is 0.255 e. The Labute approximate surface area is 180 Å². The van der Waals surface area contributed by atoms with E-state index in [1.54, 1.807) is 60.7 Å². The highest BCUT2D eigenvalue weighted by Crippen LogP contribution is 2.23. The summed E-state index contributed by atoms with van der Waals surface area (Å²) in [6.07, 6.45) is 0. The molecular formula is C21H14BrCl2NO3. The summed E-state index contributed by atoms with van der Waals surface area (Å²) in [7, 11) is 0. The lowest BCUT2D eigenvalue weighted by Crippen LogP contribution is -2.13. The number of benzene rings is 3. The number of hydrogen-bond acceptors (Lipinski definition) is 3. The lowest BCUT2D eigenvalue weighted by atomic mass is 10.1. The molecule has 0 aliphatic rings. The summed E-state index contributed by atoms with van der Waals surface area (Å²) in [6.45, 7) is -0.189. The molecule has 0 spiro atoms. The van der Waals surface area contributed by atoms with Gasteiger partial charge in [0.25, 0.3) is 5.91 Å². The van der Waals surface area contributed by atoms with Gasteiger partial charge < -0.3 is 10.1 Å². The lowest BCUT2D eigenvalue weighted by molar-refractivity contribution is 0.0921. The number of amides is 1. The zero-order valence-corrected chi connectivity index (χ0v) is 17.5. The van der Waals surface area contributed by atoms with Gasteiger partial charge >= 0.3 is 0 Å². The van der Waals surface area contributed by atoms with Crippen LogP contribution in [-0.2, 0) is 0 Å². The van der Waals surface area contributed by atoms with Gasteiger partial charge in [-0.3, -0.25) is 9.59 Å². The predicted molar refractivity (Wildman–Crippen MR) is 115 cm³/mol. The van der Waals surface area contributed by atoms with Gasteiger partial charge in [0.2, 0.25) is 5.78 Å². The summed E-state index contributed by atoms with van der Waals surface area (Å²) < 4.78 is 6.45. The van der Waals surface area contributed by atoms with Gasteiger partial charge in [-0.25, -0.2) is 0 Å². The number of halogens is 3. The van der Waals surface area contributed by atoms with Crippen LogP contribution in [0.3, 0.4) is 0 Å². The average Bonchev–Trinajstić information content (AvgIpc) is 2.67. The number of carbonyl (C=O) groups is 2. The number of Topliss-reactive ketones (excluding diaryl/α,β-unsaturated/α-hetero) is 1. The molecule has 0 saturated carbocycles. The molecule has 0 bridgehead atoms. The summed E-state index contributed by atoms with van der Waals surface area (Å²) >= 11 is 15.2. The van der Waals surface area contributed by atoms with Gasteiger partial charge in [-0.15, -0.1) is 0 Å². The second-order valence-corrected chi connectivity index (χ2v) is 7.58. The number of ketones is 1. The van der Waals surface area contributed by atoms with E-state index in [2.05, 4.69) is 21.2 Å². The van der Waals surface area contributed by atoms with Crippen molar-refractivity contribution in [3.63, 3.8) is 0 Å². The van der Waals surface area contributed by atoms with Crippen molar-refractivity contribution >= 4 is 56.5 Å². The second kappa shape index (κ2) is 9.24. The summed E-state index contributed by atoms with van der Waals surface area (Å²) in [5.41, 5.74) is 1.43. The van der Waals surface area contributed by atoms with Crippen LogP contribution in [0.4, 0.5) is 5.69 Å². The van der Waals surface area contributed by atoms with Crippen LogP contribution in [0.5, 0.6) is 5.75 Å². The maximum absolute atomic E-state index is 12.3. The van der Waals surface area contributed by atoms with Gasteiger partial charge in [0.05, 0.1) is 5.02 Å². The number of ether oxygens (including phenoxy) is 1. The first-order chi connectivity index (χ1) is 13.4. The van der Waals surface area contributed by atoms with Crippen molar-refractivity contribution in [2.75, 3.05) is 11.9 Å². The van der Waals surface area contributed by atoms with Gasteiger partial charge in [-0.2, -0.15) is 0 Å². The van der Waals surface area contributed by atoms with Crippen molar-refractivity contribution in [3.05, 3.63) is 92.4 Å². The minimum atomic E-state index is -0.272. The minimum absolute atomic E-state index is 0.189. The van der Waals surface area contributed by atoms with Crippen molar-refractivity contribution < 1.29 is 14.3 Å². The Balaban J connectivity index is 1.63. The average molecular weight is 479 g/mol. The summed E-state index contributed by atoms with van der Waals surface area (Å²) in [4.78, 5) is 24.6. The molecule has 0 saturated heterocycles. The highest BCUT2D eigenvalue weighted by atomic mass is 79.9. The Morgan fingerprint density at radius 1 is 0.964 bits per heavy atom. The van der Waals surface area contributed by atoms with Crippen molar-refractivity contribution in [1.82, 2.24) is 0 Å². The van der Waals surface area contributed by atoms with Crippen LogP contribution in [0.25, 0.3) is 0 Å². The Hall–Kier alpha value is -2.34. The number of anilines is 1. The number of hydrogen-bond donors (Lipinski definition) is 1. The van der Waals surface area contributed by atoms with E-state index in [0.717, 1.165) is 4.47 Å². The molecule has 0 fully saturated rings. The molecule has 28 heavy (non-hydrogen) atoms. The molecule has 0 heterocycles. The topological polar surface area (TPSA) is 55.4 Å². The third-order valence-corrected chi connectivity index (χ3v) is 4.88. The number of nitrogens with one attached hydrogen (secondary N) is 1. The van der Waals surface area contributed by atoms with Gasteiger partial charge in [0.1, 0.15) is 5.75 Å². The Bertz CT molecular complexity index is 1020. The monoisotopic (exact) mass is 477 g/mol. The van der Waals surface area contributed by atoms with Crippen LogP contribution < -0.4 is 10.1 Å². The zero-order valence-electron chi connectivity index (χ0n) is 14.4. The molecule has 0 radical (unpaired) electrons. The van der Waals surface area contributed by atoms with E-state index < -0.39 is 0 Å². The summed E-state index contributed by atoms with van der Waals surface area (Å²) in [6, 6.07) is 18.5. The fourth-order valence-electron chi connectivity index (χ4n) is 2.41. The van der Waals surface area contributed by atoms with E-state index in [4.69, 9.17) is 27.9 Å². The molecule has 0 aliphatic carbocycles. The highest BCUT2D eigenvalue weighted by molar-refractivity contribution is 9.10. The van der Waals surface area contributed by atoms with E-state index in [0.29, 0.717) is 27.6 Å². The maximum Gasteiger partial charge on any atom is 0.255 e. The second-order valence-electron chi connectivity index (χ2n) is 5.82. The molecule has 0 atom stereocenters. The Morgan fingerprint density at radius 2 is 1.71 bits per heavy atom. The normalized spacial score (nSPS) is 10.4. The van der Waals surface area contributed by atoms with Crippen LogP contribution in [0.1, 0.15) is 20.7 Å². The third-order valence-electron chi connectivity index (χ3n) is 3.80. The highest BCUT2D eigenvalue weighted by Gasteiger charge is 2.12. The van der Waals surface area contributed by atoms with Crippen molar-refractivity contribution in [3.8, 4) is 5.75 Å². The Morgan fingerprint density at radius 3 is 2.43 bits per heavy atom. The standard InChI is InChI=1S/C21H14BrCl2NO3/c22-14-6-4-13(5-7-14)21(27)25-16-2-1-3-17(11-16)28-12-20(26)18-9-8-15(23)10-19(18)24/h1-11H,12H2,(H,25,27). The SMILES string of the molecule is O=C(Nc1cccc(OCC(=O)c2ccc(Cl)cc2Cl)c1)c1ccc(Br)cc1. The van der Waals surface area contributed by atoms with Gasteiger partial charge in [0, 0.05) is 32.4 Å². The minimum Gasteiger partial charge on any atom is -0.485 e. The van der Waals surface area contributed by atoms with Crippen LogP contribution in [0.2, 0.25) is 10.0 Å². The largest absolute Gasteiger partial charge is 0.485 e. The van der Waals surface area contributed by atoms with E-state index >= 15 is 0 Å². The molecule has 1 amide bonds. The number of carbonyl (C=O) groups excluding carboxylic acids is 2. The molecular weight excluding hydrogens is 465 g/mol. The molecule has 3 rings (SSSR count). The van der Waals surface area contributed by atoms with Crippen molar-refractivity contribution in [1.29, 1.82) is 0 Å². The quantitative estimate of drug-likeness (QED) is 0.424. The van der Waals surface area contributed by atoms with Crippen LogP contribution in [0, 0.1) is 0 Å². The van der Waals surface area contributed by atoms with Crippen molar-refractivity contribution in [2.24, 2.45) is 0 Å². The van der Waals surface area contributed by atoms with E-state index in [-0.39, 0.29) is 23.3 Å². The molecule has 3 aromatic carbocycles. The van der Waals surface area contributed by atoms with Crippen LogP contribution in [0.15, 0.2) is 71.2 Å². The van der Waals surface area contributed by atoms with E-state index in [1.807, 2.05) is 0 Å². The Kier molecular flexibility index (Phi) is 6.73. The van der Waals surface area contributed by atoms with Gasteiger partial charge in [0.15, 0.2) is 6.61 Å². The first-order valence-electron chi connectivity index (χ1n) is 8.20. The zero-order chi connectivity index (χ0) is 20.1. The van der Waals surface area contributed by atoms with E-state index in [1.165, 1.54) is 6.07 Å². The lowest BCUT2D eigenvalue weighted by Gasteiger charge is -2.10. The number of rotatable bonds is 6. The molecule has 142 valence electrons. The molecule has 7 heteroatoms. The van der Waals surface area contributed by atoms with Crippen molar-refractivity contribution in [2.45, 2.75) is 0 Å².